The first kappa shape index (κ1) is 36.0. The Bertz CT molecular complexity index is 2100. The number of rotatable bonds is 4. The summed E-state index contributed by atoms with van der Waals surface area (Å²) in [6.45, 7) is 8.99. The minimum Gasteiger partial charge on any atom is -1.00 e. The van der Waals surface area contributed by atoms with Gasteiger partial charge in [-0.15, -0.1) is 33.7 Å². The molecule has 0 heterocycles. The van der Waals surface area contributed by atoms with Gasteiger partial charge in [-0.25, -0.2) is 0 Å². The van der Waals surface area contributed by atoms with Crippen LogP contribution in [-0.2, 0) is 26.2 Å². The molecule has 3 radical (unpaired) electrons. The second-order valence-electron chi connectivity index (χ2n) is 12.3. The predicted octanol–water partition coefficient (Wildman–Crippen LogP) is 6.05. The molecule has 0 bridgehead atoms. The van der Waals surface area contributed by atoms with Gasteiger partial charge in [-0.2, -0.15) is 0 Å². The smallest absolute Gasteiger partial charge is 1.00 e. The fourth-order valence-electron chi connectivity index (χ4n) is 7.26. The fourth-order valence-corrected chi connectivity index (χ4v) is 7.26. The zero-order valence-electron chi connectivity index (χ0n) is 26.7. The van der Waals surface area contributed by atoms with Gasteiger partial charge >= 0.3 is 26.2 Å². The molecule has 46 heavy (non-hydrogen) atoms. The Kier molecular flexibility index (Phi) is 12.0. The normalized spacial score (nSPS) is 13.4. The van der Waals surface area contributed by atoms with E-state index in [4.69, 9.17) is 0 Å². The first-order valence-electron chi connectivity index (χ1n) is 15.5. The largest absolute Gasteiger partial charge is 3.00 e. The summed E-state index contributed by atoms with van der Waals surface area (Å²) in [6, 6.07) is 45.2. The molecule has 0 spiro atoms. The van der Waals surface area contributed by atoms with Crippen molar-refractivity contribution in [2.75, 3.05) is 0 Å². The van der Waals surface area contributed by atoms with Crippen molar-refractivity contribution in [1.29, 1.82) is 0 Å². The van der Waals surface area contributed by atoms with Crippen molar-refractivity contribution in [3.8, 4) is 11.1 Å². The van der Waals surface area contributed by atoms with Crippen molar-refractivity contribution in [1.82, 2.24) is 0 Å². The van der Waals surface area contributed by atoms with Crippen LogP contribution in [0.25, 0.3) is 60.3 Å². The van der Waals surface area contributed by atoms with Gasteiger partial charge in [0.05, 0.1) is 0 Å². The second-order valence-corrected chi connectivity index (χ2v) is 13.3. The molecule has 0 saturated carbocycles. The number of halogens is 2. The minimum atomic E-state index is 0. The Labute approximate surface area is 307 Å². The van der Waals surface area contributed by atoms with Gasteiger partial charge in [0, 0.05) is 15.4 Å². The van der Waals surface area contributed by atoms with Gasteiger partial charge in [-0.3, -0.25) is 0 Å². The van der Waals surface area contributed by atoms with E-state index in [0.717, 1.165) is 15.9 Å². The van der Waals surface area contributed by atoms with Crippen LogP contribution in [0.2, 0.25) is 13.1 Å². The number of benzene rings is 6. The Balaban J connectivity index is 0.000000772. The van der Waals surface area contributed by atoms with Crippen LogP contribution >= 0.6 is 0 Å². The van der Waals surface area contributed by atoms with Crippen LogP contribution in [0.5, 0.6) is 0 Å². The average Bonchev–Trinajstić information content (AvgIpc) is 3.58. The second kappa shape index (κ2) is 15.4. The number of hydrogen-bond donors (Lipinski definition) is 0. The quantitative estimate of drug-likeness (QED) is 0.118. The summed E-state index contributed by atoms with van der Waals surface area (Å²) in [6.07, 6.45) is 3.62. The van der Waals surface area contributed by atoms with Gasteiger partial charge in [0.15, 0.2) is 0 Å². The maximum absolute atomic E-state index is 2.54. The van der Waals surface area contributed by atoms with Gasteiger partial charge < -0.3 is 24.8 Å². The number of fused-ring (bicyclic) bond motifs is 6. The molecule has 1 aliphatic carbocycles. The molecule has 7 aromatic rings. The molecule has 7 aromatic carbocycles. The number of hydrogen-bond acceptors (Lipinski definition) is 0. The molecule has 1 unspecified atom stereocenters. The van der Waals surface area contributed by atoms with Crippen molar-refractivity contribution in [2.24, 2.45) is 5.92 Å². The van der Waals surface area contributed by atoms with E-state index in [2.05, 4.69) is 154 Å². The zero-order chi connectivity index (χ0) is 29.5. The molecule has 0 aliphatic heterocycles. The van der Waals surface area contributed by atoms with Crippen molar-refractivity contribution in [3.05, 3.63) is 144 Å². The van der Waals surface area contributed by atoms with E-state index in [1.54, 1.807) is 0 Å². The standard InChI is InChI=1S/C40H31.C2H6Si.2ClH.Zr/c1-25(2)21-29-24-38-35(39(29)34-18-9-17-33-30-14-6-3-13-28(30)23-37(33)34)19-10-20-36(38)40-31-15-7-4-11-26(31)22-27-12-5-8-16-32(27)40;1-3-2;;;/h3-20,22-25,39H,21H2,1-2H3;1-2H3;2*1H;/q-1;;;;+3/p-2. The molecule has 1 aliphatic rings. The number of allylic oxidation sites excluding steroid dienone is 1. The predicted molar refractivity (Wildman–Crippen MR) is 191 cm³/mol. The van der Waals surface area contributed by atoms with E-state index in [1.165, 1.54) is 76.5 Å². The Morgan fingerprint density at radius 1 is 0.652 bits per heavy atom. The Morgan fingerprint density at radius 2 is 1.20 bits per heavy atom. The third kappa shape index (κ3) is 6.35. The van der Waals surface area contributed by atoms with Gasteiger partial charge in [0.2, 0.25) is 0 Å². The maximum Gasteiger partial charge on any atom is 3.00 e. The Morgan fingerprint density at radius 3 is 1.85 bits per heavy atom. The molecule has 0 amide bonds. The molecule has 0 N–H and O–H groups in total. The third-order valence-corrected chi connectivity index (χ3v) is 8.84. The van der Waals surface area contributed by atoms with Crippen LogP contribution in [0, 0.1) is 5.92 Å². The summed E-state index contributed by atoms with van der Waals surface area (Å²) in [5.41, 5.74) is 8.47. The molecule has 227 valence electrons. The van der Waals surface area contributed by atoms with Crippen molar-refractivity contribution >= 4 is 58.7 Å². The van der Waals surface area contributed by atoms with Gasteiger partial charge in [0.1, 0.15) is 0 Å². The van der Waals surface area contributed by atoms with E-state index in [-0.39, 0.29) is 56.9 Å². The monoisotopic (exact) mass is 729 g/mol. The van der Waals surface area contributed by atoms with E-state index in [9.17, 15) is 0 Å². The van der Waals surface area contributed by atoms with Crippen molar-refractivity contribution in [3.63, 3.8) is 0 Å². The van der Waals surface area contributed by atoms with E-state index in [0.29, 0.717) is 5.92 Å². The van der Waals surface area contributed by atoms with Gasteiger partial charge in [0.25, 0.3) is 0 Å². The molecular weight excluding hydrogens is 695 g/mol. The average molecular weight is 732 g/mol. The van der Waals surface area contributed by atoms with Crippen LogP contribution in [0.15, 0.2) is 127 Å². The first-order chi connectivity index (χ1) is 21.1. The molecule has 1 atom stereocenters. The first-order valence-corrected chi connectivity index (χ1v) is 17.5. The van der Waals surface area contributed by atoms with E-state index >= 15 is 0 Å². The van der Waals surface area contributed by atoms with Crippen LogP contribution in [-0.4, -0.2) is 9.52 Å². The van der Waals surface area contributed by atoms with Crippen molar-refractivity contribution < 1.29 is 51.0 Å². The SMILES string of the molecule is CC(C)CC1=Cc2c(-c3c4ccccc4cc4ccccc34)cccc2C1c1cccc2c1[cH-]c1ccccc12.C[Si]C.[Cl-].[Cl-].[Zr+3]. The van der Waals surface area contributed by atoms with Gasteiger partial charge in [-0.1, -0.05) is 147 Å². The fraction of sp³-hybridized carbons (Fsp3) is 0.167. The summed E-state index contributed by atoms with van der Waals surface area (Å²) >= 11 is 0. The minimum absolute atomic E-state index is 0. The zero-order valence-corrected chi connectivity index (χ0v) is 31.7. The van der Waals surface area contributed by atoms with Crippen molar-refractivity contribution in [2.45, 2.75) is 39.3 Å². The molecular formula is C42H37Cl2SiZr. The summed E-state index contributed by atoms with van der Waals surface area (Å²) in [4.78, 5) is 0. The molecule has 0 aromatic heterocycles. The van der Waals surface area contributed by atoms with Crippen LogP contribution in [0.3, 0.4) is 0 Å². The van der Waals surface area contributed by atoms with Gasteiger partial charge in [-0.05, 0) is 62.2 Å². The van der Waals surface area contributed by atoms with E-state index < -0.39 is 0 Å². The maximum atomic E-state index is 2.54. The third-order valence-electron chi connectivity index (χ3n) is 8.84. The summed E-state index contributed by atoms with van der Waals surface area (Å²) < 4.78 is 0. The van der Waals surface area contributed by atoms with E-state index in [1.807, 2.05) is 0 Å². The molecule has 0 saturated heterocycles. The van der Waals surface area contributed by atoms with Crippen LogP contribution in [0.4, 0.5) is 0 Å². The summed E-state index contributed by atoms with van der Waals surface area (Å²) in [5, 5.41) is 10.7. The van der Waals surface area contributed by atoms with Crippen LogP contribution < -0.4 is 24.8 Å². The Hall–Kier alpha value is -2.87. The molecule has 4 heteroatoms. The van der Waals surface area contributed by atoms with Crippen LogP contribution in [0.1, 0.15) is 42.9 Å². The molecule has 0 fully saturated rings. The summed E-state index contributed by atoms with van der Waals surface area (Å²) in [7, 11) is 1.08. The summed E-state index contributed by atoms with van der Waals surface area (Å²) in [5.74, 6) is 0.849. The molecule has 8 rings (SSSR count). The topological polar surface area (TPSA) is 0 Å². The molecule has 0 nitrogen and oxygen atoms in total.